The molecule has 0 spiro atoms. The van der Waals surface area contributed by atoms with Crippen molar-refractivity contribution in [3.05, 3.63) is 29.4 Å². The predicted molar refractivity (Wildman–Crippen MR) is 77.0 cm³/mol. The lowest BCUT2D eigenvalue weighted by Gasteiger charge is -2.15. The van der Waals surface area contributed by atoms with E-state index in [1.807, 2.05) is 18.2 Å². The SMILES string of the molecule is Nc1c(Cl)ccc2c(NC3CCCC3)nccc12. The average molecular weight is 262 g/mol. The maximum absolute atomic E-state index is 6.04. The van der Waals surface area contributed by atoms with Crippen molar-refractivity contribution < 1.29 is 0 Å². The van der Waals surface area contributed by atoms with Gasteiger partial charge in [0.15, 0.2) is 0 Å². The Kier molecular flexibility index (Phi) is 3.00. The average Bonchev–Trinajstić information content (AvgIpc) is 2.87. The van der Waals surface area contributed by atoms with Crippen molar-refractivity contribution in [2.24, 2.45) is 0 Å². The lowest BCUT2D eigenvalue weighted by atomic mass is 10.1. The molecule has 3 N–H and O–H groups in total. The molecule has 94 valence electrons. The molecule has 3 rings (SSSR count). The van der Waals surface area contributed by atoms with Crippen molar-refractivity contribution in [2.75, 3.05) is 11.1 Å². The third-order valence-corrected chi connectivity index (χ3v) is 3.96. The standard InChI is InChI=1S/C14H16ClN3/c15-12-6-5-11-10(13(12)16)7-8-17-14(11)18-9-3-1-2-4-9/h5-9H,1-4,16H2,(H,17,18). The first-order valence-electron chi connectivity index (χ1n) is 6.35. The molecule has 4 heteroatoms. The summed E-state index contributed by atoms with van der Waals surface area (Å²) >= 11 is 6.04. The molecule has 0 aliphatic heterocycles. The van der Waals surface area contributed by atoms with E-state index in [1.165, 1.54) is 25.7 Å². The molecular formula is C14H16ClN3. The molecule has 1 aliphatic rings. The van der Waals surface area contributed by atoms with E-state index in [0.717, 1.165) is 16.6 Å². The van der Waals surface area contributed by atoms with Gasteiger partial charge in [-0.2, -0.15) is 0 Å². The third kappa shape index (κ3) is 1.99. The van der Waals surface area contributed by atoms with Gasteiger partial charge in [0.2, 0.25) is 0 Å². The Labute approximate surface area is 111 Å². The number of benzene rings is 1. The van der Waals surface area contributed by atoms with Gasteiger partial charge in [-0.05, 0) is 31.0 Å². The van der Waals surface area contributed by atoms with E-state index in [9.17, 15) is 0 Å². The number of nitrogens with one attached hydrogen (secondary N) is 1. The normalized spacial score (nSPS) is 16.3. The van der Waals surface area contributed by atoms with Gasteiger partial charge in [0, 0.05) is 23.0 Å². The Morgan fingerprint density at radius 3 is 2.72 bits per heavy atom. The first-order chi connectivity index (χ1) is 8.75. The minimum Gasteiger partial charge on any atom is -0.397 e. The van der Waals surface area contributed by atoms with Crippen LogP contribution in [0, 0.1) is 0 Å². The van der Waals surface area contributed by atoms with Gasteiger partial charge in [-0.3, -0.25) is 0 Å². The summed E-state index contributed by atoms with van der Waals surface area (Å²) in [6.07, 6.45) is 6.83. The van der Waals surface area contributed by atoms with Crippen LogP contribution in [0.3, 0.4) is 0 Å². The van der Waals surface area contributed by atoms with Crippen LogP contribution in [0.25, 0.3) is 10.8 Å². The van der Waals surface area contributed by atoms with Crippen molar-refractivity contribution in [2.45, 2.75) is 31.7 Å². The van der Waals surface area contributed by atoms with Crippen LogP contribution in [0.15, 0.2) is 24.4 Å². The highest BCUT2D eigenvalue weighted by atomic mass is 35.5. The Hall–Kier alpha value is -1.48. The second-order valence-electron chi connectivity index (χ2n) is 4.84. The van der Waals surface area contributed by atoms with Gasteiger partial charge in [0.05, 0.1) is 10.7 Å². The van der Waals surface area contributed by atoms with Gasteiger partial charge in [0.1, 0.15) is 5.82 Å². The number of rotatable bonds is 2. The number of nitrogens with zero attached hydrogens (tertiary/aromatic N) is 1. The summed E-state index contributed by atoms with van der Waals surface area (Å²) in [6, 6.07) is 6.27. The zero-order valence-electron chi connectivity index (χ0n) is 10.1. The topological polar surface area (TPSA) is 50.9 Å². The zero-order valence-corrected chi connectivity index (χ0v) is 10.9. The van der Waals surface area contributed by atoms with Crippen LogP contribution in [0.2, 0.25) is 5.02 Å². The molecule has 1 saturated carbocycles. The van der Waals surface area contributed by atoms with E-state index < -0.39 is 0 Å². The largest absolute Gasteiger partial charge is 0.397 e. The second-order valence-corrected chi connectivity index (χ2v) is 5.25. The first kappa shape index (κ1) is 11.6. The molecule has 1 aromatic heterocycles. The van der Waals surface area contributed by atoms with E-state index >= 15 is 0 Å². The first-order valence-corrected chi connectivity index (χ1v) is 6.73. The van der Waals surface area contributed by atoms with E-state index in [1.54, 1.807) is 6.20 Å². The molecule has 1 aromatic carbocycles. The Balaban J connectivity index is 2.04. The number of halogens is 1. The molecule has 1 fully saturated rings. The maximum Gasteiger partial charge on any atom is 0.134 e. The Morgan fingerprint density at radius 2 is 1.94 bits per heavy atom. The predicted octanol–water partition coefficient (Wildman–Crippen LogP) is 3.82. The third-order valence-electron chi connectivity index (χ3n) is 3.63. The maximum atomic E-state index is 6.04. The number of hydrogen-bond donors (Lipinski definition) is 2. The van der Waals surface area contributed by atoms with Gasteiger partial charge in [0.25, 0.3) is 0 Å². The number of nitrogens with two attached hydrogens (primary N) is 1. The molecule has 2 aromatic rings. The summed E-state index contributed by atoms with van der Waals surface area (Å²) < 4.78 is 0. The minimum atomic E-state index is 0.542. The molecule has 0 amide bonds. The molecule has 3 nitrogen and oxygen atoms in total. The summed E-state index contributed by atoms with van der Waals surface area (Å²) in [4.78, 5) is 4.43. The molecule has 1 aliphatic carbocycles. The van der Waals surface area contributed by atoms with Crippen molar-refractivity contribution in [3.63, 3.8) is 0 Å². The van der Waals surface area contributed by atoms with E-state index in [-0.39, 0.29) is 0 Å². The highest BCUT2D eigenvalue weighted by molar-refractivity contribution is 6.34. The van der Waals surface area contributed by atoms with Crippen LogP contribution >= 0.6 is 11.6 Å². The van der Waals surface area contributed by atoms with Gasteiger partial charge in [-0.1, -0.05) is 24.4 Å². The van der Waals surface area contributed by atoms with Crippen LogP contribution in [0.1, 0.15) is 25.7 Å². The van der Waals surface area contributed by atoms with Gasteiger partial charge in [-0.15, -0.1) is 0 Å². The highest BCUT2D eigenvalue weighted by Gasteiger charge is 2.16. The van der Waals surface area contributed by atoms with E-state index in [0.29, 0.717) is 16.8 Å². The van der Waals surface area contributed by atoms with Crippen LogP contribution in [0.4, 0.5) is 11.5 Å². The molecule has 0 unspecified atom stereocenters. The van der Waals surface area contributed by atoms with E-state index in [2.05, 4.69) is 10.3 Å². The molecule has 1 heterocycles. The molecule has 0 bridgehead atoms. The molecule has 0 atom stereocenters. The Morgan fingerprint density at radius 1 is 1.17 bits per heavy atom. The summed E-state index contributed by atoms with van der Waals surface area (Å²) in [6.45, 7) is 0. The fourth-order valence-electron chi connectivity index (χ4n) is 2.63. The quantitative estimate of drug-likeness (QED) is 0.808. The van der Waals surface area contributed by atoms with Crippen LogP contribution in [-0.4, -0.2) is 11.0 Å². The van der Waals surface area contributed by atoms with Crippen molar-refractivity contribution >= 4 is 33.9 Å². The number of aromatic nitrogens is 1. The van der Waals surface area contributed by atoms with Crippen LogP contribution < -0.4 is 11.1 Å². The summed E-state index contributed by atoms with van der Waals surface area (Å²) in [7, 11) is 0. The fraction of sp³-hybridized carbons (Fsp3) is 0.357. The molecule has 0 radical (unpaired) electrons. The number of fused-ring (bicyclic) bond motifs is 1. The van der Waals surface area contributed by atoms with Crippen LogP contribution in [0.5, 0.6) is 0 Å². The monoisotopic (exact) mass is 261 g/mol. The van der Waals surface area contributed by atoms with Crippen molar-refractivity contribution in [1.82, 2.24) is 4.98 Å². The number of pyridine rings is 1. The number of anilines is 2. The smallest absolute Gasteiger partial charge is 0.134 e. The fourth-order valence-corrected chi connectivity index (χ4v) is 2.80. The summed E-state index contributed by atoms with van der Waals surface area (Å²) in [5.41, 5.74) is 6.64. The molecular weight excluding hydrogens is 246 g/mol. The second kappa shape index (κ2) is 4.65. The molecule has 0 saturated heterocycles. The van der Waals surface area contributed by atoms with Gasteiger partial charge < -0.3 is 11.1 Å². The highest BCUT2D eigenvalue weighted by Crippen LogP contribution is 2.32. The minimum absolute atomic E-state index is 0.542. The molecule has 18 heavy (non-hydrogen) atoms. The lowest BCUT2D eigenvalue weighted by Crippen LogP contribution is -2.15. The van der Waals surface area contributed by atoms with Crippen molar-refractivity contribution in [1.29, 1.82) is 0 Å². The van der Waals surface area contributed by atoms with Crippen molar-refractivity contribution in [3.8, 4) is 0 Å². The summed E-state index contributed by atoms with van der Waals surface area (Å²) in [5.74, 6) is 0.919. The van der Waals surface area contributed by atoms with Crippen LogP contribution in [-0.2, 0) is 0 Å². The van der Waals surface area contributed by atoms with Gasteiger partial charge in [-0.25, -0.2) is 4.98 Å². The Bertz CT molecular complexity index is 577. The summed E-state index contributed by atoms with van der Waals surface area (Å²) in [5, 5.41) is 6.14. The zero-order chi connectivity index (χ0) is 12.5. The lowest BCUT2D eigenvalue weighted by molar-refractivity contribution is 0.752. The van der Waals surface area contributed by atoms with E-state index in [4.69, 9.17) is 17.3 Å². The van der Waals surface area contributed by atoms with Gasteiger partial charge >= 0.3 is 0 Å². The number of hydrogen-bond acceptors (Lipinski definition) is 3. The number of nitrogen functional groups attached to an aromatic ring is 1.